The van der Waals surface area contributed by atoms with Gasteiger partial charge in [-0.15, -0.1) is 16.0 Å². The Bertz CT molecular complexity index is 368. The van der Waals surface area contributed by atoms with Crippen molar-refractivity contribution in [2.45, 2.75) is 31.8 Å². The molecule has 0 aromatic rings. The van der Waals surface area contributed by atoms with Crippen molar-refractivity contribution in [3.05, 3.63) is 0 Å². The molecule has 0 aliphatic carbocycles. The average molecular weight is 252 g/mol. The number of hydrogen-bond donors (Lipinski definition) is 1. The lowest BCUT2D eigenvalue weighted by Gasteiger charge is -2.34. The summed E-state index contributed by atoms with van der Waals surface area (Å²) in [6.45, 7) is 0.832. The van der Waals surface area contributed by atoms with E-state index in [4.69, 9.17) is 11.6 Å². The molecular weight excluding hydrogens is 238 g/mol. The van der Waals surface area contributed by atoms with Gasteiger partial charge in [0.25, 0.3) is 0 Å². The molecule has 1 atom stereocenters. The Kier molecular flexibility index (Phi) is 3.18. The summed E-state index contributed by atoms with van der Waals surface area (Å²) in [4.78, 5) is 1.97. The van der Waals surface area contributed by atoms with Crippen LogP contribution < -0.4 is 4.72 Å². The largest absolute Gasteiger partial charge is 0.342 e. The van der Waals surface area contributed by atoms with E-state index in [0.29, 0.717) is 5.84 Å². The first-order valence-corrected chi connectivity index (χ1v) is 7.03. The third kappa shape index (κ3) is 2.43. The normalized spacial score (nSPS) is 30.3. The molecule has 0 aromatic carbocycles. The summed E-state index contributed by atoms with van der Waals surface area (Å²) in [7, 11) is -3.52. The first-order chi connectivity index (χ1) is 7.12. The maximum Gasteiger partial charge on any atom is 0.323 e. The molecule has 1 saturated heterocycles. The molecule has 7 heteroatoms. The molecule has 2 aliphatic rings. The van der Waals surface area contributed by atoms with Gasteiger partial charge < -0.3 is 4.90 Å². The Morgan fingerprint density at radius 3 is 3.00 bits per heavy atom. The second-order valence-corrected chi connectivity index (χ2v) is 5.45. The van der Waals surface area contributed by atoms with Gasteiger partial charge in [-0.25, -0.2) is 0 Å². The molecule has 86 valence electrons. The number of hydrogen-bond acceptors (Lipinski definition) is 3. The molecule has 0 aromatic heterocycles. The molecule has 2 aliphatic heterocycles. The van der Waals surface area contributed by atoms with Crippen LogP contribution in [0.4, 0.5) is 0 Å². The summed E-state index contributed by atoms with van der Waals surface area (Å²) >= 11 is 5.76. The SMILES string of the molecule is O=S1(=O)N=C2CCCCCN2C(CCl)N1. The van der Waals surface area contributed by atoms with Crippen molar-refractivity contribution >= 4 is 27.6 Å². The Balaban J connectivity index is 2.32. The van der Waals surface area contributed by atoms with Crippen molar-refractivity contribution < 1.29 is 8.42 Å². The first kappa shape index (κ1) is 11.2. The smallest absolute Gasteiger partial charge is 0.323 e. The first-order valence-electron chi connectivity index (χ1n) is 5.06. The summed E-state index contributed by atoms with van der Waals surface area (Å²) in [5.74, 6) is 0.912. The van der Waals surface area contributed by atoms with Crippen LogP contribution in [0.25, 0.3) is 0 Å². The summed E-state index contributed by atoms with van der Waals surface area (Å²) in [6, 6.07) is 0. The zero-order chi connectivity index (χ0) is 10.9. The highest BCUT2D eigenvalue weighted by Gasteiger charge is 2.31. The Labute approximate surface area is 94.7 Å². The average Bonchev–Trinajstić information content (AvgIpc) is 2.40. The zero-order valence-electron chi connectivity index (χ0n) is 8.32. The van der Waals surface area contributed by atoms with E-state index >= 15 is 0 Å². The molecule has 0 saturated carbocycles. The molecule has 0 spiro atoms. The van der Waals surface area contributed by atoms with E-state index in [2.05, 4.69) is 9.12 Å². The lowest BCUT2D eigenvalue weighted by Crippen LogP contribution is -2.55. The molecule has 1 unspecified atom stereocenters. The van der Waals surface area contributed by atoms with E-state index in [-0.39, 0.29) is 12.0 Å². The third-order valence-electron chi connectivity index (χ3n) is 2.66. The summed E-state index contributed by atoms with van der Waals surface area (Å²) < 4.78 is 29.0. The van der Waals surface area contributed by atoms with Crippen LogP contribution in [0.2, 0.25) is 0 Å². The van der Waals surface area contributed by atoms with E-state index in [9.17, 15) is 8.42 Å². The van der Waals surface area contributed by atoms with Gasteiger partial charge in [0.05, 0.1) is 5.88 Å². The predicted molar refractivity (Wildman–Crippen MR) is 59.2 cm³/mol. The molecule has 0 radical (unpaired) electrons. The summed E-state index contributed by atoms with van der Waals surface area (Å²) in [6.07, 6.45) is 3.58. The van der Waals surface area contributed by atoms with Crippen LogP contribution in [0.1, 0.15) is 25.7 Å². The van der Waals surface area contributed by atoms with E-state index < -0.39 is 10.2 Å². The van der Waals surface area contributed by atoms with Crippen LogP contribution in [-0.2, 0) is 10.2 Å². The van der Waals surface area contributed by atoms with E-state index in [1.807, 2.05) is 4.90 Å². The number of rotatable bonds is 1. The number of halogens is 1. The van der Waals surface area contributed by atoms with Crippen LogP contribution in [0.5, 0.6) is 0 Å². The number of alkyl halides is 1. The molecule has 1 N–H and O–H groups in total. The second kappa shape index (κ2) is 4.27. The summed E-state index contributed by atoms with van der Waals surface area (Å²) in [5.41, 5.74) is 0. The van der Waals surface area contributed by atoms with Crippen molar-refractivity contribution in [3.63, 3.8) is 0 Å². The van der Waals surface area contributed by atoms with Crippen LogP contribution in [0.15, 0.2) is 4.40 Å². The Morgan fingerprint density at radius 1 is 1.47 bits per heavy atom. The van der Waals surface area contributed by atoms with Gasteiger partial charge in [0.2, 0.25) is 0 Å². The van der Waals surface area contributed by atoms with E-state index in [1.54, 1.807) is 0 Å². The lowest BCUT2D eigenvalue weighted by atomic mass is 10.2. The van der Waals surface area contributed by atoms with E-state index in [0.717, 1.165) is 32.2 Å². The van der Waals surface area contributed by atoms with Gasteiger partial charge in [0.15, 0.2) is 0 Å². The van der Waals surface area contributed by atoms with Gasteiger partial charge in [-0.05, 0) is 12.8 Å². The third-order valence-corrected chi connectivity index (χ3v) is 3.98. The molecule has 15 heavy (non-hydrogen) atoms. The number of fused-ring (bicyclic) bond motifs is 1. The van der Waals surface area contributed by atoms with Crippen LogP contribution in [0.3, 0.4) is 0 Å². The minimum atomic E-state index is -3.52. The molecule has 2 heterocycles. The maximum atomic E-state index is 11.4. The van der Waals surface area contributed by atoms with Gasteiger partial charge in [-0.1, -0.05) is 6.42 Å². The van der Waals surface area contributed by atoms with E-state index in [1.165, 1.54) is 0 Å². The van der Waals surface area contributed by atoms with Gasteiger partial charge in [0.1, 0.15) is 12.0 Å². The number of amidine groups is 1. The molecule has 2 rings (SSSR count). The molecule has 0 bridgehead atoms. The van der Waals surface area contributed by atoms with Crippen LogP contribution in [0, 0.1) is 0 Å². The lowest BCUT2D eigenvalue weighted by molar-refractivity contribution is 0.309. The molecular formula is C8H14ClN3O2S. The summed E-state index contributed by atoms with van der Waals surface area (Å²) in [5, 5.41) is 0. The van der Waals surface area contributed by atoms with Crippen LogP contribution in [-0.4, -0.2) is 37.7 Å². The highest BCUT2D eigenvalue weighted by atomic mass is 35.5. The van der Waals surface area contributed by atoms with Gasteiger partial charge in [-0.2, -0.15) is 13.1 Å². The van der Waals surface area contributed by atoms with Gasteiger partial charge in [-0.3, -0.25) is 0 Å². The molecule has 5 nitrogen and oxygen atoms in total. The van der Waals surface area contributed by atoms with Crippen molar-refractivity contribution in [2.24, 2.45) is 4.40 Å². The Morgan fingerprint density at radius 2 is 2.27 bits per heavy atom. The monoisotopic (exact) mass is 251 g/mol. The van der Waals surface area contributed by atoms with Gasteiger partial charge >= 0.3 is 10.2 Å². The molecule has 0 amide bonds. The second-order valence-electron chi connectivity index (χ2n) is 3.77. The Hall–Kier alpha value is -0.330. The fourth-order valence-electron chi connectivity index (χ4n) is 1.96. The van der Waals surface area contributed by atoms with Crippen molar-refractivity contribution in [1.82, 2.24) is 9.62 Å². The standard InChI is InChI=1S/C8H14ClN3O2S/c9-6-8-11-15(13,14)10-7-4-2-1-3-5-12(7)8/h8,11H,1-6H2. The minimum absolute atomic E-state index is 0.248. The quantitative estimate of drug-likeness (QED) is 0.697. The highest BCUT2D eigenvalue weighted by molar-refractivity contribution is 7.88. The van der Waals surface area contributed by atoms with Crippen molar-refractivity contribution in [3.8, 4) is 0 Å². The number of nitrogens with one attached hydrogen (secondary N) is 1. The van der Waals surface area contributed by atoms with Gasteiger partial charge in [0, 0.05) is 13.0 Å². The van der Waals surface area contributed by atoms with Crippen LogP contribution >= 0.6 is 11.6 Å². The molecule has 1 fully saturated rings. The minimum Gasteiger partial charge on any atom is -0.342 e. The van der Waals surface area contributed by atoms with Crippen molar-refractivity contribution in [1.29, 1.82) is 0 Å². The fourth-order valence-corrected chi connectivity index (χ4v) is 3.38. The zero-order valence-corrected chi connectivity index (χ0v) is 9.89. The fraction of sp³-hybridized carbons (Fsp3) is 0.875. The topological polar surface area (TPSA) is 61.8 Å². The number of nitrogens with zero attached hydrogens (tertiary/aromatic N) is 2. The predicted octanol–water partition coefficient (Wildman–Crippen LogP) is 0.674. The maximum absolute atomic E-state index is 11.4. The highest BCUT2D eigenvalue weighted by Crippen LogP contribution is 2.19. The van der Waals surface area contributed by atoms with Crippen molar-refractivity contribution in [2.75, 3.05) is 12.4 Å².